The van der Waals surface area contributed by atoms with E-state index in [1.807, 2.05) is 6.07 Å². The summed E-state index contributed by atoms with van der Waals surface area (Å²) in [6.07, 6.45) is 0.953. The molecule has 0 saturated carbocycles. The molecule has 0 radical (unpaired) electrons. The first-order valence-electron chi connectivity index (χ1n) is 8.01. The summed E-state index contributed by atoms with van der Waals surface area (Å²) in [4.78, 5) is 25.7. The van der Waals surface area contributed by atoms with Crippen molar-refractivity contribution in [2.45, 2.75) is 25.8 Å². The second-order valence-electron chi connectivity index (χ2n) is 5.85. The summed E-state index contributed by atoms with van der Waals surface area (Å²) in [5.74, 6) is -0.541. The monoisotopic (exact) mass is 338 g/mol. The third-order valence-corrected chi connectivity index (χ3v) is 3.86. The molecule has 2 aromatic carbocycles. The average molecular weight is 338 g/mol. The molecular weight excluding hydrogens is 319 g/mol. The number of carbonyl (C=O) groups is 2. The third-order valence-electron chi connectivity index (χ3n) is 3.86. The van der Waals surface area contributed by atoms with E-state index in [9.17, 15) is 14.0 Å². The van der Waals surface area contributed by atoms with Crippen LogP contribution >= 0.6 is 0 Å². The Bertz CT molecular complexity index is 794. The molecule has 0 fully saturated rings. The van der Waals surface area contributed by atoms with Gasteiger partial charge in [-0.25, -0.2) is 4.39 Å². The van der Waals surface area contributed by atoms with E-state index in [1.165, 1.54) is 24.3 Å². The van der Waals surface area contributed by atoms with Gasteiger partial charge in [0.05, 0.1) is 11.6 Å². The van der Waals surface area contributed by atoms with Crippen LogP contribution in [-0.4, -0.2) is 23.6 Å². The number of benzene rings is 2. The zero-order valence-corrected chi connectivity index (χ0v) is 14.0. The Morgan fingerprint density at radius 2 is 1.84 bits per heavy atom. The van der Waals surface area contributed by atoms with Crippen LogP contribution in [0.4, 0.5) is 4.39 Å². The lowest BCUT2D eigenvalue weighted by atomic mass is 10.1. The molecule has 0 N–H and O–H groups in total. The number of hydrogen-bond acceptors (Lipinski definition) is 3. The number of nitrogens with zero attached hydrogens (tertiary/aromatic N) is 2. The molecule has 0 aromatic heterocycles. The van der Waals surface area contributed by atoms with Gasteiger partial charge in [-0.15, -0.1) is 0 Å². The van der Waals surface area contributed by atoms with Crippen molar-refractivity contribution in [1.82, 2.24) is 4.90 Å². The van der Waals surface area contributed by atoms with Gasteiger partial charge >= 0.3 is 0 Å². The van der Waals surface area contributed by atoms with E-state index in [4.69, 9.17) is 5.26 Å². The van der Waals surface area contributed by atoms with Gasteiger partial charge in [0.15, 0.2) is 5.78 Å². The van der Waals surface area contributed by atoms with E-state index in [1.54, 1.807) is 30.1 Å². The fraction of sp³-hybridized carbons (Fsp3) is 0.250. The quantitative estimate of drug-likeness (QED) is 0.723. The summed E-state index contributed by atoms with van der Waals surface area (Å²) in [6, 6.07) is 14.6. The van der Waals surface area contributed by atoms with E-state index in [-0.39, 0.29) is 30.3 Å². The zero-order valence-electron chi connectivity index (χ0n) is 14.0. The Morgan fingerprint density at radius 3 is 2.52 bits per heavy atom. The van der Waals surface area contributed by atoms with E-state index in [0.717, 1.165) is 5.56 Å². The molecule has 0 spiro atoms. The maximum absolute atomic E-state index is 12.8. The van der Waals surface area contributed by atoms with Crippen LogP contribution in [0.5, 0.6) is 0 Å². The van der Waals surface area contributed by atoms with Crippen LogP contribution in [-0.2, 0) is 11.3 Å². The highest BCUT2D eigenvalue weighted by Crippen LogP contribution is 2.11. The Kier molecular flexibility index (Phi) is 6.41. The maximum Gasteiger partial charge on any atom is 0.222 e. The molecule has 0 atom stereocenters. The van der Waals surface area contributed by atoms with Gasteiger partial charge in [-0.3, -0.25) is 9.59 Å². The van der Waals surface area contributed by atoms with Gasteiger partial charge in [-0.05, 0) is 48.4 Å². The van der Waals surface area contributed by atoms with Crippen molar-refractivity contribution in [3.8, 4) is 6.07 Å². The van der Waals surface area contributed by atoms with Crippen molar-refractivity contribution in [3.05, 3.63) is 71.0 Å². The van der Waals surface area contributed by atoms with Crippen LogP contribution in [0.3, 0.4) is 0 Å². The predicted octanol–water partition coefficient (Wildman–Crippen LogP) is 3.71. The number of carbonyl (C=O) groups excluding carboxylic acids is 2. The normalized spacial score (nSPS) is 10.1. The highest BCUT2D eigenvalue weighted by atomic mass is 19.1. The number of ketones is 1. The smallest absolute Gasteiger partial charge is 0.222 e. The lowest BCUT2D eigenvalue weighted by molar-refractivity contribution is -0.130. The first-order chi connectivity index (χ1) is 12.0. The molecule has 0 aliphatic rings. The highest BCUT2D eigenvalue weighted by Gasteiger charge is 2.12. The fourth-order valence-electron chi connectivity index (χ4n) is 2.47. The first kappa shape index (κ1) is 18.3. The number of hydrogen-bond donors (Lipinski definition) is 0. The minimum absolute atomic E-state index is 0.0609. The lowest BCUT2D eigenvalue weighted by Gasteiger charge is -2.17. The van der Waals surface area contributed by atoms with Crippen LogP contribution in [0.25, 0.3) is 0 Å². The molecule has 1 amide bonds. The van der Waals surface area contributed by atoms with E-state index in [0.29, 0.717) is 24.1 Å². The number of halogens is 1. The second kappa shape index (κ2) is 8.74. The first-order valence-corrected chi connectivity index (χ1v) is 8.01. The molecule has 0 aliphatic carbocycles. The number of Topliss-reactive ketones (excluding diaryl/α,β-unsaturated/α-hetero) is 1. The fourth-order valence-corrected chi connectivity index (χ4v) is 2.47. The topological polar surface area (TPSA) is 61.2 Å². The van der Waals surface area contributed by atoms with Gasteiger partial charge in [0.2, 0.25) is 5.91 Å². The molecule has 0 unspecified atom stereocenters. The van der Waals surface area contributed by atoms with Crippen molar-refractivity contribution in [1.29, 1.82) is 5.26 Å². The molecule has 4 nitrogen and oxygen atoms in total. The second-order valence-corrected chi connectivity index (χ2v) is 5.85. The molecule has 2 aromatic rings. The molecule has 5 heteroatoms. The lowest BCUT2D eigenvalue weighted by Crippen LogP contribution is -2.26. The van der Waals surface area contributed by atoms with Crippen LogP contribution in [0.15, 0.2) is 48.5 Å². The number of amides is 1. The van der Waals surface area contributed by atoms with E-state index < -0.39 is 0 Å². The van der Waals surface area contributed by atoms with Crippen LogP contribution < -0.4 is 0 Å². The summed E-state index contributed by atoms with van der Waals surface area (Å²) < 4.78 is 12.8. The maximum atomic E-state index is 12.8. The standard InChI is InChI=1S/C20H19FN2O2/c1-23(14-16-5-2-4-15(12-16)13-22)20(25)7-3-6-19(24)17-8-10-18(21)11-9-17/h2,4-5,8-12H,3,6-7,14H2,1H3. The minimum atomic E-state index is -0.381. The summed E-state index contributed by atoms with van der Waals surface area (Å²) in [5.41, 5.74) is 1.90. The number of rotatable bonds is 7. The van der Waals surface area contributed by atoms with Crippen LogP contribution in [0.1, 0.15) is 40.7 Å². The van der Waals surface area contributed by atoms with Crippen molar-refractivity contribution >= 4 is 11.7 Å². The summed E-state index contributed by atoms with van der Waals surface area (Å²) >= 11 is 0. The summed E-state index contributed by atoms with van der Waals surface area (Å²) in [7, 11) is 1.70. The Balaban J connectivity index is 1.80. The van der Waals surface area contributed by atoms with Gasteiger partial charge in [-0.1, -0.05) is 12.1 Å². The summed E-state index contributed by atoms with van der Waals surface area (Å²) in [5, 5.41) is 8.90. The largest absolute Gasteiger partial charge is 0.341 e. The molecule has 128 valence electrons. The van der Waals surface area contributed by atoms with Crippen LogP contribution in [0, 0.1) is 17.1 Å². The molecule has 2 rings (SSSR count). The predicted molar refractivity (Wildman–Crippen MR) is 92.2 cm³/mol. The molecule has 0 saturated heterocycles. The van der Waals surface area contributed by atoms with E-state index >= 15 is 0 Å². The zero-order chi connectivity index (χ0) is 18.2. The third kappa shape index (κ3) is 5.54. The van der Waals surface area contributed by atoms with Crippen molar-refractivity contribution < 1.29 is 14.0 Å². The molecular formula is C20H19FN2O2. The van der Waals surface area contributed by atoms with Gasteiger partial charge in [0.1, 0.15) is 5.82 Å². The average Bonchev–Trinajstić information content (AvgIpc) is 2.62. The Labute approximate surface area is 146 Å². The molecule has 25 heavy (non-hydrogen) atoms. The van der Waals surface area contributed by atoms with Gasteiger partial charge in [-0.2, -0.15) is 5.26 Å². The van der Waals surface area contributed by atoms with Crippen molar-refractivity contribution in [2.24, 2.45) is 0 Å². The van der Waals surface area contributed by atoms with E-state index in [2.05, 4.69) is 6.07 Å². The Hall–Kier alpha value is -3.00. The Morgan fingerprint density at radius 1 is 1.12 bits per heavy atom. The van der Waals surface area contributed by atoms with Crippen molar-refractivity contribution in [2.75, 3.05) is 7.05 Å². The minimum Gasteiger partial charge on any atom is -0.341 e. The van der Waals surface area contributed by atoms with Crippen molar-refractivity contribution in [3.63, 3.8) is 0 Å². The van der Waals surface area contributed by atoms with Crippen LogP contribution in [0.2, 0.25) is 0 Å². The summed E-state index contributed by atoms with van der Waals surface area (Å²) in [6.45, 7) is 0.417. The van der Waals surface area contributed by atoms with Gasteiger partial charge in [0.25, 0.3) is 0 Å². The van der Waals surface area contributed by atoms with Gasteiger partial charge < -0.3 is 4.90 Å². The molecule has 0 bridgehead atoms. The SMILES string of the molecule is CN(Cc1cccc(C#N)c1)C(=O)CCCC(=O)c1ccc(F)cc1. The van der Waals surface area contributed by atoms with Gasteiger partial charge in [0, 0.05) is 32.0 Å². The highest BCUT2D eigenvalue weighted by molar-refractivity contribution is 5.96. The number of nitriles is 1. The molecule has 0 aliphatic heterocycles. The molecule has 0 heterocycles.